The molecule has 0 saturated carbocycles. The largest absolute Gasteiger partial charge is 0.392 e. The van der Waals surface area contributed by atoms with Crippen LogP contribution in [0.25, 0.3) is 0 Å². The van der Waals surface area contributed by atoms with Crippen LogP contribution < -0.4 is 0 Å². The predicted octanol–water partition coefficient (Wildman–Crippen LogP) is 0.245. The molecule has 2 heterocycles. The molecule has 1 amide bonds. The van der Waals surface area contributed by atoms with Crippen molar-refractivity contribution in [2.75, 3.05) is 26.2 Å². The van der Waals surface area contributed by atoms with Gasteiger partial charge in [0.05, 0.1) is 6.10 Å². The van der Waals surface area contributed by atoms with E-state index in [0.717, 1.165) is 18.8 Å². The molecule has 19 heavy (non-hydrogen) atoms. The van der Waals surface area contributed by atoms with Crippen molar-refractivity contribution >= 4 is 5.91 Å². The van der Waals surface area contributed by atoms with Crippen LogP contribution in [-0.4, -0.2) is 69.3 Å². The van der Waals surface area contributed by atoms with Crippen LogP contribution in [0.4, 0.5) is 0 Å². The van der Waals surface area contributed by atoms with Crippen LogP contribution in [-0.2, 0) is 0 Å². The molecule has 2 rings (SSSR count). The number of aromatic nitrogens is 2. The average molecular weight is 266 g/mol. The van der Waals surface area contributed by atoms with Gasteiger partial charge in [-0.3, -0.25) is 14.8 Å². The number of aryl methyl sites for hydroxylation is 1. The van der Waals surface area contributed by atoms with Crippen LogP contribution in [0.2, 0.25) is 0 Å². The van der Waals surface area contributed by atoms with E-state index < -0.39 is 0 Å². The maximum atomic E-state index is 12.3. The fourth-order valence-corrected chi connectivity index (χ4v) is 2.55. The van der Waals surface area contributed by atoms with E-state index in [0.29, 0.717) is 18.8 Å². The molecule has 6 nitrogen and oxygen atoms in total. The van der Waals surface area contributed by atoms with Crippen molar-refractivity contribution < 1.29 is 9.90 Å². The van der Waals surface area contributed by atoms with Crippen molar-refractivity contribution in [2.45, 2.75) is 32.9 Å². The number of aliphatic hydroxyl groups is 1. The summed E-state index contributed by atoms with van der Waals surface area (Å²) in [7, 11) is 0. The number of nitrogens with one attached hydrogen (secondary N) is 1. The number of aromatic amines is 1. The van der Waals surface area contributed by atoms with Crippen molar-refractivity contribution in [3.05, 3.63) is 17.5 Å². The second-order valence-electron chi connectivity index (χ2n) is 5.39. The Morgan fingerprint density at radius 3 is 2.89 bits per heavy atom. The molecule has 0 unspecified atom stereocenters. The number of carbonyl (C=O) groups excluding carboxylic acids is 1. The third-order valence-corrected chi connectivity index (χ3v) is 3.42. The van der Waals surface area contributed by atoms with E-state index in [1.807, 2.05) is 18.7 Å². The second kappa shape index (κ2) is 5.71. The lowest BCUT2D eigenvalue weighted by atomic mass is 10.1. The van der Waals surface area contributed by atoms with Gasteiger partial charge in [-0.15, -0.1) is 0 Å². The number of carbonyl (C=O) groups is 1. The van der Waals surface area contributed by atoms with Gasteiger partial charge in [-0.25, -0.2) is 0 Å². The normalized spacial score (nSPS) is 22.5. The Balaban J connectivity index is 1.98. The third kappa shape index (κ3) is 3.33. The van der Waals surface area contributed by atoms with Gasteiger partial charge in [0.25, 0.3) is 5.91 Å². The maximum Gasteiger partial charge on any atom is 0.274 e. The number of aliphatic hydroxyl groups excluding tert-OH is 1. The highest BCUT2D eigenvalue weighted by atomic mass is 16.3. The molecule has 0 aromatic carbocycles. The molecule has 0 spiro atoms. The van der Waals surface area contributed by atoms with E-state index in [4.69, 9.17) is 0 Å². The van der Waals surface area contributed by atoms with Gasteiger partial charge >= 0.3 is 0 Å². The summed E-state index contributed by atoms with van der Waals surface area (Å²) in [5, 5.41) is 16.2. The van der Waals surface area contributed by atoms with E-state index in [1.54, 1.807) is 13.0 Å². The van der Waals surface area contributed by atoms with Gasteiger partial charge in [0.15, 0.2) is 0 Å². The Bertz CT molecular complexity index is 444. The topological polar surface area (TPSA) is 72.5 Å². The minimum atomic E-state index is -0.330. The molecular formula is C13H22N4O2. The molecule has 0 aliphatic carbocycles. The third-order valence-electron chi connectivity index (χ3n) is 3.42. The van der Waals surface area contributed by atoms with Gasteiger partial charge in [-0.05, 0) is 26.8 Å². The Morgan fingerprint density at radius 1 is 1.63 bits per heavy atom. The minimum Gasteiger partial charge on any atom is -0.392 e. The molecule has 106 valence electrons. The minimum absolute atomic E-state index is 0.0199. The molecule has 0 radical (unpaired) electrons. The molecule has 1 saturated heterocycles. The summed E-state index contributed by atoms with van der Waals surface area (Å²) in [6.45, 7) is 8.63. The molecule has 1 aromatic rings. The van der Waals surface area contributed by atoms with Crippen molar-refractivity contribution in [2.24, 2.45) is 0 Å². The summed E-state index contributed by atoms with van der Waals surface area (Å²) < 4.78 is 0. The summed E-state index contributed by atoms with van der Waals surface area (Å²) in [4.78, 5) is 16.4. The fourth-order valence-electron chi connectivity index (χ4n) is 2.55. The predicted molar refractivity (Wildman–Crippen MR) is 71.9 cm³/mol. The molecule has 2 atom stereocenters. The first-order valence-electron chi connectivity index (χ1n) is 6.70. The highest BCUT2D eigenvalue weighted by Crippen LogP contribution is 2.13. The number of nitrogens with zero attached hydrogens (tertiary/aromatic N) is 3. The van der Waals surface area contributed by atoms with Gasteiger partial charge in [-0.2, -0.15) is 5.10 Å². The number of amides is 1. The van der Waals surface area contributed by atoms with Crippen molar-refractivity contribution in [3.8, 4) is 0 Å². The van der Waals surface area contributed by atoms with Crippen LogP contribution in [0.1, 0.15) is 30.0 Å². The van der Waals surface area contributed by atoms with Crippen LogP contribution in [0, 0.1) is 6.92 Å². The first kappa shape index (κ1) is 14.0. The maximum absolute atomic E-state index is 12.3. The highest BCUT2D eigenvalue weighted by molar-refractivity contribution is 5.92. The summed E-state index contributed by atoms with van der Waals surface area (Å²) in [5.74, 6) is -0.0199. The monoisotopic (exact) mass is 266 g/mol. The molecule has 6 heteroatoms. The average Bonchev–Trinajstić information content (AvgIpc) is 2.74. The second-order valence-corrected chi connectivity index (χ2v) is 5.39. The van der Waals surface area contributed by atoms with Gasteiger partial charge in [0.2, 0.25) is 0 Å². The molecule has 1 fully saturated rings. The quantitative estimate of drug-likeness (QED) is 0.822. The number of β-amino-alcohol motifs (C(OH)–C–C–N with tert-alkyl or cyclic N) is 1. The SMILES string of the molecule is Cc1cc(C(=O)N2CCN(C[C@@H](C)O)C[C@H]2C)n[nH]1. The zero-order valence-corrected chi connectivity index (χ0v) is 11.8. The lowest BCUT2D eigenvalue weighted by Crippen LogP contribution is -2.55. The van der Waals surface area contributed by atoms with Crippen LogP contribution in [0.5, 0.6) is 0 Å². The lowest BCUT2D eigenvalue weighted by Gasteiger charge is -2.40. The van der Waals surface area contributed by atoms with E-state index in [1.165, 1.54) is 0 Å². The molecule has 0 bridgehead atoms. The van der Waals surface area contributed by atoms with Crippen molar-refractivity contribution in [1.82, 2.24) is 20.0 Å². The molecular weight excluding hydrogens is 244 g/mol. The number of hydrogen-bond acceptors (Lipinski definition) is 4. The van der Waals surface area contributed by atoms with Crippen LogP contribution in [0.15, 0.2) is 6.07 Å². The zero-order valence-electron chi connectivity index (χ0n) is 11.8. The van der Waals surface area contributed by atoms with E-state index in [9.17, 15) is 9.90 Å². The fraction of sp³-hybridized carbons (Fsp3) is 0.692. The highest BCUT2D eigenvalue weighted by Gasteiger charge is 2.29. The van der Waals surface area contributed by atoms with Gasteiger partial charge in [-0.1, -0.05) is 0 Å². The number of H-pyrrole nitrogens is 1. The van der Waals surface area contributed by atoms with E-state index in [2.05, 4.69) is 15.1 Å². The van der Waals surface area contributed by atoms with E-state index in [-0.39, 0.29) is 18.1 Å². The summed E-state index contributed by atoms with van der Waals surface area (Å²) in [6.07, 6.45) is -0.330. The van der Waals surface area contributed by atoms with Gasteiger partial charge in [0, 0.05) is 37.9 Å². The Kier molecular flexibility index (Phi) is 4.21. The van der Waals surface area contributed by atoms with Crippen LogP contribution in [0.3, 0.4) is 0 Å². The van der Waals surface area contributed by atoms with Gasteiger partial charge < -0.3 is 10.0 Å². The summed E-state index contributed by atoms with van der Waals surface area (Å²) >= 11 is 0. The molecule has 1 aliphatic rings. The van der Waals surface area contributed by atoms with Crippen molar-refractivity contribution in [1.29, 1.82) is 0 Å². The Labute approximate surface area is 113 Å². The number of hydrogen-bond donors (Lipinski definition) is 2. The first-order valence-corrected chi connectivity index (χ1v) is 6.70. The number of rotatable bonds is 3. The van der Waals surface area contributed by atoms with Crippen LogP contribution >= 0.6 is 0 Å². The summed E-state index contributed by atoms with van der Waals surface area (Å²) in [5.41, 5.74) is 1.37. The Morgan fingerprint density at radius 2 is 2.37 bits per heavy atom. The standard InChI is InChI=1S/C13H22N4O2/c1-9-6-12(15-14-9)13(19)17-5-4-16(7-10(17)2)8-11(3)18/h6,10-11,18H,4-5,7-8H2,1-3H3,(H,14,15)/t10-,11-/m1/s1. The molecule has 2 N–H and O–H groups in total. The lowest BCUT2D eigenvalue weighted by molar-refractivity contribution is 0.0378. The zero-order chi connectivity index (χ0) is 14.0. The van der Waals surface area contributed by atoms with E-state index >= 15 is 0 Å². The smallest absolute Gasteiger partial charge is 0.274 e. The number of piperazine rings is 1. The van der Waals surface area contributed by atoms with Crippen molar-refractivity contribution in [3.63, 3.8) is 0 Å². The molecule has 1 aromatic heterocycles. The first-order chi connectivity index (χ1) is 8.97. The Hall–Kier alpha value is -1.40. The molecule has 1 aliphatic heterocycles. The summed E-state index contributed by atoms with van der Waals surface area (Å²) in [6, 6.07) is 1.91. The van der Waals surface area contributed by atoms with Gasteiger partial charge in [0.1, 0.15) is 5.69 Å².